The molecular formula is C16H16F4N2O. The second kappa shape index (κ2) is 6.33. The van der Waals surface area contributed by atoms with E-state index < -0.39 is 23.6 Å². The molecule has 1 atom stereocenters. The van der Waals surface area contributed by atoms with Gasteiger partial charge in [-0.25, -0.2) is 4.39 Å². The molecule has 0 spiro atoms. The van der Waals surface area contributed by atoms with Gasteiger partial charge in [-0.05, 0) is 35.9 Å². The van der Waals surface area contributed by atoms with Crippen molar-refractivity contribution >= 4 is 0 Å². The summed E-state index contributed by atoms with van der Waals surface area (Å²) in [6.07, 6.45) is -3.12. The van der Waals surface area contributed by atoms with E-state index in [-0.39, 0.29) is 5.56 Å². The number of benzene rings is 1. The topological polar surface area (TPSA) is 28.4 Å². The zero-order chi connectivity index (χ0) is 16.4. The minimum atomic E-state index is -4.59. The molecule has 3 rings (SSSR count). The summed E-state index contributed by atoms with van der Waals surface area (Å²) < 4.78 is 58.1. The quantitative estimate of drug-likeness (QED) is 0.875. The van der Waals surface area contributed by atoms with E-state index >= 15 is 0 Å². The molecule has 0 bridgehead atoms. The minimum Gasteiger partial charge on any atom is -0.467 e. The number of piperazine rings is 1. The molecule has 1 saturated heterocycles. The molecule has 1 aromatic carbocycles. The van der Waals surface area contributed by atoms with Gasteiger partial charge in [0.1, 0.15) is 11.6 Å². The van der Waals surface area contributed by atoms with Gasteiger partial charge in [-0.1, -0.05) is 0 Å². The summed E-state index contributed by atoms with van der Waals surface area (Å²) >= 11 is 0. The Balaban J connectivity index is 2.04. The summed E-state index contributed by atoms with van der Waals surface area (Å²) in [5, 5.41) is 3.19. The predicted molar refractivity (Wildman–Crippen MR) is 76.4 cm³/mol. The van der Waals surface area contributed by atoms with Crippen LogP contribution in [0.5, 0.6) is 0 Å². The lowest BCUT2D eigenvalue weighted by Crippen LogP contribution is -2.45. The minimum absolute atomic E-state index is 0.245. The predicted octanol–water partition coefficient (Wildman–Crippen LogP) is 3.43. The summed E-state index contributed by atoms with van der Waals surface area (Å²) in [5.74, 6) is -0.396. The van der Waals surface area contributed by atoms with E-state index in [1.54, 1.807) is 12.1 Å². The van der Waals surface area contributed by atoms with Crippen LogP contribution in [-0.4, -0.2) is 31.1 Å². The van der Waals surface area contributed by atoms with E-state index in [4.69, 9.17) is 4.42 Å². The molecule has 1 aliphatic heterocycles. The number of rotatable bonds is 3. The van der Waals surface area contributed by atoms with Gasteiger partial charge >= 0.3 is 6.18 Å². The highest BCUT2D eigenvalue weighted by atomic mass is 19.4. The van der Waals surface area contributed by atoms with Crippen LogP contribution in [0, 0.1) is 5.82 Å². The van der Waals surface area contributed by atoms with Gasteiger partial charge in [-0.2, -0.15) is 13.2 Å². The third-order valence-corrected chi connectivity index (χ3v) is 3.89. The van der Waals surface area contributed by atoms with Gasteiger partial charge in [0, 0.05) is 26.2 Å². The molecule has 7 heteroatoms. The molecule has 2 heterocycles. The summed E-state index contributed by atoms with van der Waals surface area (Å²) in [5.41, 5.74) is -0.742. The molecule has 0 aliphatic carbocycles. The summed E-state index contributed by atoms with van der Waals surface area (Å²) in [7, 11) is 0. The fourth-order valence-electron chi connectivity index (χ4n) is 2.88. The molecule has 1 N–H and O–H groups in total. The highest BCUT2D eigenvalue weighted by Gasteiger charge is 2.34. The lowest BCUT2D eigenvalue weighted by molar-refractivity contribution is -0.137. The summed E-state index contributed by atoms with van der Waals surface area (Å²) in [4.78, 5) is 1.99. The number of furan rings is 1. The van der Waals surface area contributed by atoms with Gasteiger partial charge in [0.25, 0.3) is 0 Å². The third kappa shape index (κ3) is 3.56. The zero-order valence-corrected chi connectivity index (χ0v) is 12.2. The van der Waals surface area contributed by atoms with Crippen molar-refractivity contribution in [2.24, 2.45) is 0 Å². The van der Waals surface area contributed by atoms with E-state index in [2.05, 4.69) is 5.32 Å². The highest BCUT2D eigenvalue weighted by molar-refractivity contribution is 5.33. The maximum absolute atomic E-state index is 13.8. The Labute approximate surface area is 130 Å². The van der Waals surface area contributed by atoms with Crippen LogP contribution in [0.15, 0.2) is 41.0 Å². The largest absolute Gasteiger partial charge is 0.467 e. The number of nitrogens with one attached hydrogen (secondary N) is 1. The molecule has 0 radical (unpaired) electrons. The van der Waals surface area contributed by atoms with Gasteiger partial charge < -0.3 is 9.73 Å². The Kier molecular flexibility index (Phi) is 4.41. The standard InChI is InChI=1S/C16H16F4N2O/c17-13-9-11(8-12(10-13)16(18,19)20)15(14-2-1-7-23-14)22-5-3-21-4-6-22/h1-2,7-10,15,21H,3-6H2/t15-/m0/s1. The SMILES string of the molecule is Fc1cc([C@@H](c2ccco2)N2CCNCC2)cc(C(F)(F)F)c1. The fraction of sp³-hybridized carbons (Fsp3) is 0.375. The second-order valence-electron chi connectivity index (χ2n) is 5.47. The number of hydrogen-bond acceptors (Lipinski definition) is 3. The van der Waals surface area contributed by atoms with Crippen LogP contribution < -0.4 is 5.32 Å². The molecule has 1 aromatic heterocycles. The Hall–Kier alpha value is -1.86. The zero-order valence-electron chi connectivity index (χ0n) is 12.2. The number of hydrogen-bond donors (Lipinski definition) is 1. The lowest BCUT2D eigenvalue weighted by Gasteiger charge is -2.34. The third-order valence-electron chi connectivity index (χ3n) is 3.89. The van der Waals surface area contributed by atoms with Crippen molar-refractivity contribution in [3.8, 4) is 0 Å². The monoisotopic (exact) mass is 328 g/mol. The Bertz CT molecular complexity index is 649. The van der Waals surface area contributed by atoms with Crippen molar-refractivity contribution in [2.75, 3.05) is 26.2 Å². The molecule has 0 amide bonds. The highest BCUT2D eigenvalue weighted by Crippen LogP contribution is 2.35. The van der Waals surface area contributed by atoms with Gasteiger partial charge in [-0.15, -0.1) is 0 Å². The Morgan fingerprint density at radius 2 is 1.87 bits per heavy atom. The maximum atomic E-state index is 13.8. The van der Waals surface area contributed by atoms with Crippen LogP contribution in [0.2, 0.25) is 0 Å². The number of halogens is 4. The average Bonchev–Trinajstić information content (AvgIpc) is 3.01. The normalized spacial score (nSPS) is 18.1. The molecule has 0 unspecified atom stereocenters. The van der Waals surface area contributed by atoms with E-state index in [1.807, 2.05) is 4.90 Å². The van der Waals surface area contributed by atoms with E-state index in [0.29, 0.717) is 24.9 Å². The van der Waals surface area contributed by atoms with Gasteiger partial charge in [0.05, 0.1) is 17.9 Å². The molecule has 1 aliphatic rings. The van der Waals surface area contributed by atoms with Crippen molar-refractivity contribution in [1.29, 1.82) is 0 Å². The van der Waals surface area contributed by atoms with Crippen molar-refractivity contribution < 1.29 is 22.0 Å². The summed E-state index contributed by atoms with van der Waals surface area (Å²) in [6, 6.07) is 5.49. The van der Waals surface area contributed by atoms with Crippen molar-refractivity contribution in [1.82, 2.24) is 10.2 Å². The molecule has 3 nitrogen and oxygen atoms in total. The van der Waals surface area contributed by atoms with Gasteiger partial charge in [0.15, 0.2) is 0 Å². The van der Waals surface area contributed by atoms with Crippen LogP contribution >= 0.6 is 0 Å². The molecule has 124 valence electrons. The lowest BCUT2D eigenvalue weighted by atomic mass is 9.99. The molecule has 2 aromatic rings. The average molecular weight is 328 g/mol. The Morgan fingerprint density at radius 3 is 2.48 bits per heavy atom. The van der Waals surface area contributed by atoms with Crippen molar-refractivity contribution in [3.63, 3.8) is 0 Å². The number of nitrogens with zero attached hydrogens (tertiary/aromatic N) is 1. The molecule has 0 saturated carbocycles. The van der Waals surface area contributed by atoms with Crippen LogP contribution in [0.3, 0.4) is 0 Å². The van der Waals surface area contributed by atoms with E-state index in [0.717, 1.165) is 25.2 Å². The smallest absolute Gasteiger partial charge is 0.416 e. The fourth-order valence-corrected chi connectivity index (χ4v) is 2.88. The van der Waals surface area contributed by atoms with E-state index in [9.17, 15) is 17.6 Å². The van der Waals surface area contributed by atoms with Crippen LogP contribution in [0.25, 0.3) is 0 Å². The first-order valence-electron chi connectivity index (χ1n) is 7.31. The maximum Gasteiger partial charge on any atom is 0.416 e. The van der Waals surface area contributed by atoms with Crippen molar-refractivity contribution in [2.45, 2.75) is 12.2 Å². The number of alkyl halides is 3. The van der Waals surface area contributed by atoms with Crippen LogP contribution in [0.1, 0.15) is 22.9 Å². The first kappa shape index (κ1) is 16.0. The summed E-state index contributed by atoms with van der Waals surface area (Å²) in [6.45, 7) is 2.73. The second-order valence-corrected chi connectivity index (χ2v) is 5.47. The van der Waals surface area contributed by atoms with Gasteiger partial charge in [-0.3, -0.25) is 4.90 Å². The van der Waals surface area contributed by atoms with Gasteiger partial charge in [0.2, 0.25) is 0 Å². The van der Waals surface area contributed by atoms with Crippen molar-refractivity contribution in [3.05, 3.63) is 59.3 Å². The molecule has 1 fully saturated rings. The van der Waals surface area contributed by atoms with Crippen LogP contribution in [-0.2, 0) is 6.18 Å². The first-order chi connectivity index (χ1) is 10.9. The first-order valence-corrected chi connectivity index (χ1v) is 7.31. The molecular weight excluding hydrogens is 312 g/mol. The molecule has 23 heavy (non-hydrogen) atoms. The van der Waals surface area contributed by atoms with Crippen LogP contribution in [0.4, 0.5) is 17.6 Å². The Morgan fingerprint density at radius 1 is 1.13 bits per heavy atom. The van der Waals surface area contributed by atoms with E-state index in [1.165, 1.54) is 6.26 Å².